The molecular formula is C11H19N5O. The average Bonchev–Trinajstić information content (AvgIpc) is 2.76. The van der Waals surface area contributed by atoms with E-state index in [9.17, 15) is 5.11 Å². The van der Waals surface area contributed by atoms with Crippen LogP contribution in [0.2, 0.25) is 0 Å². The molecule has 17 heavy (non-hydrogen) atoms. The van der Waals surface area contributed by atoms with Crippen LogP contribution in [0.25, 0.3) is 0 Å². The van der Waals surface area contributed by atoms with Crippen LogP contribution in [0.15, 0.2) is 12.4 Å². The number of rotatable bonds is 4. The van der Waals surface area contributed by atoms with Crippen LogP contribution in [-0.2, 0) is 0 Å². The minimum atomic E-state index is -0.581. The second-order valence-corrected chi connectivity index (χ2v) is 4.69. The van der Waals surface area contributed by atoms with Gasteiger partial charge in [-0.2, -0.15) is 0 Å². The lowest BCUT2D eigenvalue weighted by Crippen LogP contribution is -2.39. The standard InChI is InChI=1S/C11H19N5O/c1-16(8-11(17)4-2-3-5-11)10-7-13-6-9(14-10)15-12/h6-7,17H,2-5,8,12H2,1H3,(H,14,15). The van der Waals surface area contributed by atoms with E-state index in [2.05, 4.69) is 15.4 Å². The van der Waals surface area contributed by atoms with Gasteiger partial charge in [-0.3, -0.25) is 4.98 Å². The van der Waals surface area contributed by atoms with Gasteiger partial charge in [-0.1, -0.05) is 12.8 Å². The molecule has 1 aliphatic rings. The Morgan fingerprint density at radius 3 is 2.82 bits per heavy atom. The van der Waals surface area contributed by atoms with E-state index in [1.54, 1.807) is 12.4 Å². The van der Waals surface area contributed by atoms with Crippen LogP contribution in [0.4, 0.5) is 11.6 Å². The Bertz CT molecular complexity index is 378. The Labute approximate surface area is 101 Å². The zero-order chi connectivity index (χ0) is 12.3. The van der Waals surface area contributed by atoms with Gasteiger partial charge in [-0.25, -0.2) is 10.8 Å². The van der Waals surface area contributed by atoms with Gasteiger partial charge in [0.15, 0.2) is 5.82 Å². The zero-order valence-electron chi connectivity index (χ0n) is 10.1. The first-order chi connectivity index (χ1) is 8.13. The molecule has 1 aromatic rings. The number of hydrazine groups is 1. The van der Waals surface area contributed by atoms with Crippen molar-refractivity contribution >= 4 is 11.6 Å². The van der Waals surface area contributed by atoms with Gasteiger partial charge in [0, 0.05) is 13.6 Å². The second-order valence-electron chi connectivity index (χ2n) is 4.69. The largest absolute Gasteiger partial charge is 0.388 e. The fourth-order valence-electron chi connectivity index (χ4n) is 2.32. The summed E-state index contributed by atoms with van der Waals surface area (Å²) in [4.78, 5) is 10.2. The van der Waals surface area contributed by atoms with Crippen molar-refractivity contribution in [2.75, 3.05) is 23.9 Å². The highest BCUT2D eigenvalue weighted by atomic mass is 16.3. The molecule has 0 aliphatic heterocycles. The molecule has 0 saturated heterocycles. The summed E-state index contributed by atoms with van der Waals surface area (Å²) in [5.74, 6) is 6.52. The van der Waals surface area contributed by atoms with Crippen molar-refractivity contribution in [2.45, 2.75) is 31.3 Å². The highest BCUT2D eigenvalue weighted by molar-refractivity contribution is 5.42. The Morgan fingerprint density at radius 1 is 1.47 bits per heavy atom. The molecule has 4 N–H and O–H groups in total. The lowest BCUT2D eigenvalue weighted by molar-refractivity contribution is 0.0558. The minimum Gasteiger partial charge on any atom is -0.388 e. The van der Waals surface area contributed by atoms with Crippen LogP contribution in [0.3, 0.4) is 0 Å². The molecule has 6 heteroatoms. The summed E-state index contributed by atoms with van der Waals surface area (Å²) in [5, 5.41) is 10.3. The van der Waals surface area contributed by atoms with Gasteiger partial charge in [-0.05, 0) is 12.8 Å². The molecule has 1 fully saturated rings. The number of nitrogens with one attached hydrogen (secondary N) is 1. The Morgan fingerprint density at radius 2 is 2.18 bits per heavy atom. The third-order valence-corrected chi connectivity index (χ3v) is 3.23. The van der Waals surface area contributed by atoms with Crippen molar-refractivity contribution in [3.05, 3.63) is 12.4 Å². The molecule has 0 aromatic carbocycles. The van der Waals surface area contributed by atoms with E-state index in [4.69, 9.17) is 5.84 Å². The molecule has 94 valence electrons. The number of nitrogens with zero attached hydrogens (tertiary/aromatic N) is 3. The molecule has 1 heterocycles. The molecule has 0 unspecified atom stereocenters. The predicted octanol–water partition coefficient (Wildman–Crippen LogP) is 0.503. The molecule has 6 nitrogen and oxygen atoms in total. The molecule has 0 atom stereocenters. The first-order valence-electron chi connectivity index (χ1n) is 5.85. The van der Waals surface area contributed by atoms with E-state index in [1.807, 2.05) is 11.9 Å². The van der Waals surface area contributed by atoms with Crippen LogP contribution < -0.4 is 16.2 Å². The zero-order valence-corrected chi connectivity index (χ0v) is 10.1. The molecule has 1 saturated carbocycles. The van der Waals surface area contributed by atoms with E-state index < -0.39 is 5.60 Å². The number of hydrogen-bond donors (Lipinski definition) is 3. The lowest BCUT2D eigenvalue weighted by Gasteiger charge is -2.29. The fourth-order valence-corrected chi connectivity index (χ4v) is 2.32. The summed E-state index contributed by atoms with van der Waals surface area (Å²) in [7, 11) is 1.90. The van der Waals surface area contributed by atoms with E-state index in [1.165, 1.54) is 0 Å². The molecule has 0 bridgehead atoms. The number of anilines is 2. The minimum absolute atomic E-state index is 0.521. The van der Waals surface area contributed by atoms with Crippen molar-refractivity contribution in [2.24, 2.45) is 5.84 Å². The number of nitrogen functional groups attached to an aromatic ring is 1. The SMILES string of the molecule is CN(CC1(O)CCCC1)c1cncc(NN)n1. The quantitative estimate of drug-likeness (QED) is 0.522. The maximum absolute atomic E-state index is 10.3. The highest BCUT2D eigenvalue weighted by Crippen LogP contribution is 2.30. The van der Waals surface area contributed by atoms with Gasteiger partial charge in [0.05, 0.1) is 18.0 Å². The molecule has 1 aliphatic carbocycles. The number of hydrogen-bond acceptors (Lipinski definition) is 6. The smallest absolute Gasteiger partial charge is 0.160 e. The first-order valence-corrected chi connectivity index (χ1v) is 5.85. The fraction of sp³-hybridized carbons (Fsp3) is 0.636. The topological polar surface area (TPSA) is 87.3 Å². The highest BCUT2D eigenvalue weighted by Gasteiger charge is 2.32. The van der Waals surface area contributed by atoms with Gasteiger partial charge < -0.3 is 15.4 Å². The maximum atomic E-state index is 10.3. The summed E-state index contributed by atoms with van der Waals surface area (Å²) in [6.07, 6.45) is 7.14. The summed E-state index contributed by atoms with van der Waals surface area (Å²) >= 11 is 0. The molecule has 0 radical (unpaired) electrons. The number of aromatic nitrogens is 2. The van der Waals surface area contributed by atoms with E-state index >= 15 is 0 Å². The monoisotopic (exact) mass is 237 g/mol. The van der Waals surface area contributed by atoms with Gasteiger partial charge in [0.2, 0.25) is 0 Å². The normalized spacial score (nSPS) is 18.1. The Hall–Kier alpha value is -1.40. The van der Waals surface area contributed by atoms with Crippen LogP contribution in [0.1, 0.15) is 25.7 Å². The Kier molecular flexibility index (Phi) is 3.44. The van der Waals surface area contributed by atoms with E-state index in [0.717, 1.165) is 25.7 Å². The third-order valence-electron chi connectivity index (χ3n) is 3.23. The third kappa shape index (κ3) is 2.83. The summed E-state index contributed by atoms with van der Waals surface area (Å²) in [6.45, 7) is 0.579. The number of aliphatic hydroxyl groups is 1. The van der Waals surface area contributed by atoms with Crippen molar-refractivity contribution in [1.82, 2.24) is 9.97 Å². The first kappa shape index (κ1) is 12.1. The summed E-state index contributed by atoms with van der Waals surface area (Å²) < 4.78 is 0. The van der Waals surface area contributed by atoms with Crippen LogP contribution in [0, 0.1) is 0 Å². The van der Waals surface area contributed by atoms with Crippen LogP contribution in [0.5, 0.6) is 0 Å². The lowest BCUT2D eigenvalue weighted by atomic mass is 10.0. The van der Waals surface area contributed by atoms with Gasteiger partial charge in [0.1, 0.15) is 5.82 Å². The maximum Gasteiger partial charge on any atom is 0.160 e. The Balaban J connectivity index is 2.05. The average molecular weight is 237 g/mol. The van der Waals surface area contributed by atoms with Gasteiger partial charge >= 0.3 is 0 Å². The van der Waals surface area contributed by atoms with Gasteiger partial charge in [-0.15, -0.1) is 0 Å². The molecular weight excluding hydrogens is 218 g/mol. The molecule has 1 aromatic heterocycles. The van der Waals surface area contributed by atoms with Crippen molar-refractivity contribution in [3.8, 4) is 0 Å². The molecule has 0 amide bonds. The van der Waals surface area contributed by atoms with Crippen molar-refractivity contribution < 1.29 is 5.11 Å². The number of likely N-dealkylation sites (N-methyl/N-ethyl adjacent to an activating group) is 1. The van der Waals surface area contributed by atoms with Crippen LogP contribution >= 0.6 is 0 Å². The van der Waals surface area contributed by atoms with Crippen LogP contribution in [-0.4, -0.2) is 34.3 Å². The molecule has 2 rings (SSSR count). The summed E-state index contributed by atoms with van der Waals surface area (Å²) in [6, 6.07) is 0. The van der Waals surface area contributed by atoms with Crippen molar-refractivity contribution in [3.63, 3.8) is 0 Å². The summed E-state index contributed by atoms with van der Waals surface area (Å²) in [5.41, 5.74) is 1.88. The number of nitrogens with two attached hydrogens (primary N) is 1. The molecule has 0 spiro atoms. The van der Waals surface area contributed by atoms with Gasteiger partial charge in [0.25, 0.3) is 0 Å². The second kappa shape index (κ2) is 4.85. The van der Waals surface area contributed by atoms with E-state index in [-0.39, 0.29) is 0 Å². The van der Waals surface area contributed by atoms with E-state index in [0.29, 0.717) is 18.2 Å². The van der Waals surface area contributed by atoms with Crippen molar-refractivity contribution in [1.29, 1.82) is 0 Å². The predicted molar refractivity (Wildman–Crippen MR) is 66.5 cm³/mol.